The molecule has 1 aromatic heterocycles. The highest BCUT2D eigenvalue weighted by atomic mass is 35.5. The summed E-state index contributed by atoms with van der Waals surface area (Å²) in [6.07, 6.45) is 2.02. The fraction of sp³-hybridized carbons (Fsp3) is 0.500. The Morgan fingerprint density at radius 1 is 1.32 bits per heavy atom. The van der Waals surface area contributed by atoms with Gasteiger partial charge in [-0.25, -0.2) is 4.98 Å². The van der Waals surface area contributed by atoms with Crippen molar-refractivity contribution in [3.05, 3.63) is 34.7 Å². The quantitative estimate of drug-likeness (QED) is 0.775. The summed E-state index contributed by atoms with van der Waals surface area (Å²) >= 11 is 7.33. The molecule has 0 spiro atoms. The van der Waals surface area contributed by atoms with Crippen LogP contribution < -0.4 is 5.32 Å². The molecule has 2 aliphatic rings. The van der Waals surface area contributed by atoms with Gasteiger partial charge in [0.1, 0.15) is 0 Å². The first kappa shape index (κ1) is 19.8. The topological polar surface area (TPSA) is 74.7 Å². The molecular weight excluding hydrogens is 398 g/mol. The van der Waals surface area contributed by atoms with Crippen LogP contribution >= 0.6 is 22.9 Å². The van der Waals surface area contributed by atoms with Gasteiger partial charge in [0.05, 0.1) is 17.8 Å². The van der Waals surface area contributed by atoms with E-state index in [9.17, 15) is 9.90 Å². The molecule has 2 aliphatic heterocycles. The van der Waals surface area contributed by atoms with E-state index in [4.69, 9.17) is 16.3 Å². The fourth-order valence-corrected chi connectivity index (χ4v) is 4.74. The molecule has 2 atom stereocenters. The van der Waals surface area contributed by atoms with Gasteiger partial charge in [-0.15, -0.1) is 11.3 Å². The summed E-state index contributed by atoms with van der Waals surface area (Å²) in [6.45, 7) is 2.94. The van der Waals surface area contributed by atoms with Crippen molar-refractivity contribution in [1.29, 1.82) is 0 Å². The first-order valence-corrected chi connectivity index (χ1v) is 10.9. The van der Waals surface area contributed by atoms with E-state index in [2.05, 4.69) is 15.2 Å². The number of carbonyl (C=O) groups is 1. The molecule has 0 unspecified atom stereocenters. The number of hydrogen-bond acceptors (Lipinski definition) is 6. The average Bonchev–Trinajstić information content (AvgIpc) is 3.30. The number of aliphatic hydroxyl groups is 1. The lowest BCUT2D eigenvalue weighted by Gasteiger charge is -2.30. The van der Waals surface area contributed by atoms with E-state index >= 15 is 0 Å². The third-order valence-corrected chi connectivity index (χ3v) is 6.40. The number of hydrogen-bond donors (Lipinski definition) is 2. The number of benzene rings is 1. The minimum Gasteiger partial charge on any atom is -0.392 e. The van der Waals surface area contributed by atoms with Gasteiger partial charge in [-0.1, -0.05) is 23.7 Å². The predicted octanol–water partition coefficient (Wildman–Crippen LogP) is 3.26. The number of halogens is 1. The molecule has 0 aliphatic carbocycles. The van der Waals surface area contributed by atoms with E-state index in [1.54, 1.807) is 0 Å². The van der Waals surface area contributed by atoms with Crippen LogP contribution in [0.15, 0.2) is 29.6 Å². The molecule has 6 nitrogen and oxygen atoms in total. The number of carbonyl (C=O) groups excluding carboxylic acids is 1. The molecule has 2 saturated heterocycles. The van der Waals surface area contributed by atoms with Crippen molar-refractivity contribution in [3.8, 4) is 11.3 Å². The average molecular weight is 422 g/mol. The summed E-state index contributed by atoms with van der Waals surface area (Å²) < 4.78 is 5.42. The number of rotatable bonds is 5. The first-order valence-electron chi connectivity index (χ1n) is 9.60. The zero-order chi connectivity index (χ0) is 19.5. The van der Waals surface area contributed by atoms with Gasteiger partial charge in [0.15, 0.2) is 5.13 Å². The van der Waals surface area contributed by atoms with Crippen LogP contribution in [-0.4, -0.2) is 59.3 Å². The lowest BCUT2D eigenvalue weighted by molar-refractivity contribution is -0.120. The number of likely N-dealkylation sites (tertiary alicyclic amines) is 1. The van der Waals surface area contributed by atoms with Crippen LogP contribution in [-0.2, 0) is 9.53 Å². The monoisotopic (exact) mass is 421 g/mol. The number of nitrogens with one attached hydrogen (secondary N) is 1. The molecule has 0 saturated carbocycles. The van der Waals surface area contributed by atoms with Crippen molar-refractivity contribution in [2.24, 2.45) is 5.92 Å². The van der Waals surface area contributed by atoms with Crippen molar-refractivity contribution in [2.75, 3.05) is 31.6 Å². The summed E-state index contributed by atoms with van der Waals surface area (Å²) in [6, 6.07) is 7.14. The Kier molecular flexibility index (Phi) is 6.28. The number of thiazole rings is 1. The summed E-state index contributed by atoms with van der Waals surface area (Å²) in [7, 11) is 0. The minimum absolute atomic E-state index is 0.0967. The maximum Gasteiger partial charge on any atom is 0.243 e. The van der Waals surface area contributed by atoms with Gasteiger partial charge in [0.25, 0.3) is 0 Å². The Bertz CT molecular complexity index is 807. The van der Waals surface area contributed by atoms with Gasteiger partial charge >= 0.3 is 0 Å². The largest absolute Gasteiger partial charge is 0.392 e. The van der Waals surface area contributed by atoms with Crippen molar-refractivity contribution in [1.82, 2.24) is 9.88 Å². The second kappa shape index (κ2) is 8.88. The third kappa shape index (κ3) is 4.72. The van der Waals surface area contributed by atoms with Gasteiger partial charge in [-0.2, -0.15) is 0 Å². The van der Waals surface area contributed by atoms with Gasteiger partial charge in [0.2, 0.25) is 5.91 Å². The van der Waals surface area contributed by atoms with Crippen molar-refractivity contribution < 1.29 is 14.6 Å². The maximum atomic E-state index is 12.9. The second-order valence-electron chi connectivity index (χ2n) is 7.45. The third-order valence-electron chi connectivity index (χ3n) is 5.39. The Balaban J connectivity index is 1.40. The van der Waals surface area contributed by atoms with Crippen LogP contribution in [0.4, 0.5) is 5.13 Å². The summed E-state index contributed by atoms with van der Waals surface area (Å²) in [5.41, 5.74) is 1.76. The molecule has 2 N–H and O–H groups in total. The predicted molar refractivity (Wildman–Crippen MR) is 111 cm³/mol. The van der Waals surface area contributed by atoms with Crippen molar-refractivity contribution >= 4 is 34.0 Å². The number of amides is 1. The molecule has 8 heteroatoms. The standard InChI is InChI=1S/C20H24ClN3O3S/c21-15-3-1-14(2-4-15)17-12-28-20(22-17)23-19(26)18-9-16(25)11-24(18)10-13-5-7-27-8-6-13/h1-4,12-13,16,18,25H,5-11H2,(H,22,23,26)/t16-,18+/m1/s1. The molecule has 28 heavy (non-hydrogen) atoms. The molecule has 2 aromatic rings. The maximum absolute atomic E-state index is 12.9. The highest BCUT2D eigenvalue weighted by Gasteiger charge is 2.37. The first-order chi connectivity index (χ1) is 13.6. The molecule has 2 fully saturated rings. The summed E-state index contributed by atoms with van der Waals surface area (Å²) in [4.78, 5) is 19.5. The van der Waals surface area contributed by atoms with Crippen LogP contribution in [0.2, 0.25) is 5.02 Å². The lowest BCUT2D eigenvalue weighted by Crippen LogP contribution is -2.42. The molecule has 0 radical (unpaired) electrons. The molecule has 3 heterocycles. The lowest BCUT2D eigenvalue weighted by atomic mass is 9.99. The number of aromatic nitrogens is 1. The Morgan fingerprint density at radius 2 is 2.07 bits per heavy atom. The van der Waals surface area contributed by atoms with Gasteiger partial charge in [-0.05, 0) is 37.3 Å². The van der Waals surface area contributed by atoms with Crippen LogP contribution in [0.25, 0.3) is 11.3 Å². The Morgan fingerprint density at radius 3 is 2.82 bits per heavy atom. The van der Waals surface area contributed by atoms with Crippen molar-refractivity contribution in [3.63, 3.8) is 0 Å². The van der Waals surface area contributed by atoms with E-state index in [0.29, 0.717) is 29.0 Å². The molecule has 150 valence electrons. The van der Waals surface area contributed by atoms with E-state index in [0.717, 1.165) is 43.9 Å². The summed E-state index contributed by atoms with van der Waals surface area (Å²) in [5, 5.41) is 16.2. The van der Waals surface area contributed by atoms with Gasteiger partial charge < -0.3 is 15.2 Å². The highest BCUT2D eigenvalue weighted by Crippen LogP contribution is 2.28. The van der Waals surface area contributed by atoms with Crippen LogP contribution in [0.5, 0.6) is 0 Å². The number of anilines is 1. The highest BCUT2D eigenvalue weighted by molar-refractivity contribution is 7.14. The second-order valence-corrected chi connectivity index (χ2v) is 8.74. The Hall–Kier alpha value is -1.51. The molecule has 0 bridgehead atoms. The zero-order valence-electron chi connectivity index (χ0n) is 15.5. The van der Waals surface area contributed by atoms with Crippen molar-refractivity contribution in [2.45, 2.75) is 31.4 Å². The van der Waals surface area contributed by atoms with E-state index in [-0.39, 0.29) is 11.9 Å². The van der Waals surface area contributed by atoms with Gasteiger partial charge in [-0.3, -0.25) is 9.69 Å². The van der Waals surface area contributed by atoms with Crippen LogP contribution in [0.3, 0.4) is 0 Å². The molecule has 1 amide bonds. The number of β-amino-alcohol motifs (C(OH)–C–C–N with tert-alkyl or cyclic N) is 1. The Labute approximate surface area is 173 Å². The molecule has 4 rings (SSSR count). The molecule has 1 aromatic carbocycles. The normalized spacial score (nSPS) is 23.8. The van der Waals surface area contributed by atoms with E-state index in [1.165, 1.54) is 11.3 Å². The summed E-state index contributed by atoms with van der Waals surface area (Å²) in [5.74, 6) is 0.423. The van der Waals surface area contributed by atoms with Gasteiger partial charge in [0, 0.05) is 42.3 Å². The van der Waals surface area contributed by atoms with Crippen LogP contribution in [0.1, 0.15) is 19.3 Å². The number of aliphatic hydroxyl groups excluding tert-OH is 1. The SMILES string of the molecule is O=C(Nc1nc(-c2ccc(Cl)cc2)cs1)[C@@H]1C[C@@H](O)CN1CC1CCOCC1. The fourth-order valence-electron chi connectivity index (χ4n) is 3.89. The number of nitrogens with zero attached hydrogens (tertiary/aromatic N) is 2. The van der Waals surface area contributed by atoms with E-state index < -0.39 is 6.10 Å². The smallest absolute Gasteiger partial charge is 0.243 e. The van der Waals surface area contributed by atoms with Crippen LogP contribution in [0, 0.1) is 5.92 Å². The molecular formula is C20H24ClN3O3S. The number of ether oxygens (including phenoxy) is 1. The minimum atomic E-state index is -0.462. The van der Waals surface area contributed by atoms with E-state index in [1.807, 2.05) is 29.6 Å². The zero-order valence-corrected chi connectivity index (χ0v) is 17.1.